The number of anilines is 1. The number of hydrogen-bond donors (Lipinski definition) is 1. The quantitative estimate of drug-likeness (QED) is 0.272. The van der Waals surface area contributed by atoms with Gasteiger partial charge in [0.25, 0.3) is 10.0 Å². The third-order valence-corrected chi connectivity index (χ3v) is 9.53. The second kappa shape index (κ2) is 13.7. The van der Waals surface area contributed by atoms with Crippen LogP contribution in [0.3, 0.4) is 0 Å². The average Bonchev–Trinajstić information content (AvgIpc) is 3.44. The van der Waals surface area contributed by atoms with Crippen molar-refractivity contribution >= 4 is 50.7 Å². The molecule has 2 amide bonds. The molecule has 4 rings (SSSR count). The van der Waals surface area contributed by atoms with Crippen LogP contribution in [0.4, 0.5) is 5.69 Å². The molecule has 1 N–H and O–H groups in total. The smallest absolute Gasteiger partial charge is 0.264 e. The fraction of sp³-hybridized carbons (Fsp3) is 0.355. The maximum Gasteiger partial charge on any atom is 0.264 e. The molecule has 0 unspecified atom stereocenters. The zero-order valence-corrected chi connectivity index (χ0v) is 25.6. The predicted molar refractivity (Wildman–Crippen MR) is 164 cm³/mol. The lowest BCUT2D eigenvalue weighted by atomic mass is 10.1. The topological polar surface area (TPSA) is 86.8 Å². The summed E-state index contributed by atoms with van der Waals surface area (Å²) in [6.07, 6.45) is 4.30. The first-order chi connectivity index (χ1) is 19.6. The van der Waals surface area contributed by atoms with Gasteiger partial charge in [-0.25, -0.2) is 8.42 Å². The summed E-state index contributed by atoms with van der Waals surface area (Å²) in [6, 6.07) is 19.4. The Kier molecular flexibility index (Phi) is 10.3. The summed E-state index contributed by atoms with van der Waals surface area (Å²) in [5, 5.41) is 3.57. The van der Waals surface area contributed by atoms with Gasteiger partial charge in [-0.05, 0) is 62.1 Å². The molecule has 7 nitrogen and oxygen atoms in total. The van der Waals surface area contributed by atoms with E-state index in [1.807, 2.05) is 44.2 Å². The zero-order valence-electron chi connectivity index (χ0n) is 23.2. The average molecular weight is 617 g/mol. The van der Waals surface area contributed by atoms with Gasteiger partial charge in [0, 0.05) is 22.6 Å². The van der Waals surface area contributed by atoms with E-state index in [-0.39, 0.29) is 39.1 Å². The molecule has 1 fully saturated rings. The molecule has 41 heavy (non-hydrogen) atoms. The van der Waals surface area contributed by atoms with Gasteiger partial charge >= 0.3 is 0 Å². The van der Waals surface area contributed by atoms with E-state index in [1.54, 1.807) is 12.1 Å². The molecule has 1 saturated carbocycles. The van der Waals surface area contributed by atoms with Gasteiger partial charge in [-0.1, -0.05) is 91.0 Å². The number of aryl methyl sites for hydroxylation is 1. The summed E-state index contributed by atoms with van der Waals surface area (Å²) in [5.41, 5.74) is 1.87. The minimum Gasteiger partial charge on any atom is -0.352 e. The number of benzene rings is 3. The lowest BCUT2D eigenvalue weighted by Gasteiger charge is -2.34. The molecular formula is C31H35Cl2N3O4S. The van der Waals surface area contributed by atoms with Crippen molar-refractivity contribution in [3.63, 3.8) is 0 Å². The van der Waals surface area contributed by atoms with Crippen molar-refractivity contribution in [1.29, 1.82) is 0 Å². The predicted octanol–water partition coefficient (Wildman–Crippen LogP) is 6.36. The van der Waals surface area contributed by atoms with Crippen LogP contribution in [0.25, 0.3) is 0 Å². The minimum atomic E-state index is -4.21. The highest BCUT2D eigenvalue weighted by Crippen LogP contribution is 2.30. The van der Waals surface area contributed by atoms with Crippen LogP contribution < -0.4 is 9.62 Å². The monoisotopic (exact) mass is 615 g/mol. The van der Waals surface area contributed by atoms with Crippen molar-refractivity contribution in [2.45, 2.75) is 69.5 Å². The molecule has 1 atom stereocenters. The van der Waals surface area contributed by atoms with Gasteiger partial charge in [-0.15, -0.1) is 0 Å². The van der Waals surface area contributed by atoms with Gasteiger partial charge in [0.15, 0.2) is 0 Å². The molecule has 1 aliphatic carbocycles. The summed E-state index contributed by atoms with van der Waals surface area (Å²) < 4.78 is 29.0. The Bertz CT molecular complexity index is 1440. The van der Waals surface area contributed by atoms with Crippen LogP contribution in [0, 0.1) is 6.92 Å². The van der Waals surface area contributed by atoms with Crippen LogP contribution in [-0.2, 0) is 26.2 Å². The summed E-state index contributed by atoms with van der Waals surface area (Å²) >= 11 is 12.5. The van der Waals surface area contributed by atoms with Gasteiger partial charge in [0.1, 0.15) is 12.6 Å². The lowest BCUT2D eigenvalue weighted by Crippen LogP contribution is -2.53. The second-order valence-corrected chi connectivity index (χ2v) is 13.1. The number of rotatable bonds is 11. The Labute approximate surface area is 252 Å². The van der Waals surface area contributed by atoms with E-state index < -0.39 is 28.5 Å². The van der Waals surface area contributed by atoms with Crippen molar-refractivity contribution in [1.82, 2.24) is 10.2 Å². The molecule has 1 aliphatic rings. The maximum atomic E-state index is 14.1. The molecule has 0 aliphatic heterocycles. The fourth-order valence-corrected chi connectivity index (χ4v) is 7.03. The number of nitrogens with one attached hydrogen (secondary N) is 1. The van der Waals surface area contributed by atoms with Crippen molar-refractivity contribution in [3.05, 3.63) is 94.0 Å². The molecule has 0 saturated heterocycles. The fourth-order valence-electron chi connectivity index (χ4n) is 5.12. The normalized spacial score (nSPS) is 14.4. The molecule has 3 aromatic rings. The highest BCUT2D eigenvalue weighted by Gasteiger charge is 2.34. The summed E-state index contributed by atoms with van der Waals surface area (Å²) in [7, 11) is -4.21. The molecule has 3 aromatic carbocycles. The van der Waals surface area contributed by atoms with Crippen LogP contribution >= 0.6 is 23.2 Å². The third-order valence-electron chi connectivity index (χ3n) is 7.31. The first kappa shape index (κ1) is 30.9. The Hall–Kier alpha value is -3.07. The summed E-state index contributed by atoms with van der Waals surface area (Å²) in [4.78, 5) is 29.1. The van der Waals surface area contributed by atoms with Crippen LogP contribution in [0.5, 0.6) is 0 Å². The lowest BCUT2D eigenvalue weighted by molar-refractivity contribution is -0.140. The van der Waals surface area contributed by atoms with Gasteiger partial charge in [-0.2, -0.15) is 0 Å². The van der Waals surface area contributed by atoms with Gasteiger partial charge in [0.2, 0.25) is 11.8 Å². The molecule has 0 spiro atoms. The highest BCUT2D eigenvalue weighted by molar-refractivity contribution is 7.92. The molecule has 10 heteroatoms. The number of amides is 2. The van der Waals surface area contributed by atoms with E-state index >= 15 is 0 Å². The minimum absolute atomic E-state index is 0.0209. The Balaban J connectivity index is 1.72. The maximum absolute atomic E-state index is 14.1. The first-order valence-electron chi connectivity index (χ1n) is 13.8. The molecule has 0 aromatic heterocycles. The number of carbonyl (C=O) groups excluding carboxylic acids is 2. The van der Waals surface area contributed by atoms with E-state index in [0.717, 1.165) is 41.1 Å². The molecular weight excluding hydrogens is 581 g/mol. The zero-order chi connectivity index (χ0) is 29.6. The van der Waals surface area contributed by atoms with Gasteiger partial charge in [-0.3, -0.25) is 13.9 Å². The van der Waals surface area contributed by atoms with Crippen molar-refractivity contribution in [2.24, 2.45) is 0 Å². The van der Waals surface area contributed by atoms with Crippen molar-refractivity contribution in [3.8, 4) is 0 Å². The van der Waals surface area contributed by atoms with E-state index in [1.165, 1.54) is 35.2 Å². The second-order valence-electron chi connectivity index (χ2n) is 10.4. The first-order valence-corrected chi connectivity index (χ1v) is 16.0. The number of halogens is 2. The molecule has 0 heterocycles. The Morgan fingerprint density at radius 2 is 1.56 bits per heavy atom. The van der Waals surface area contributed by atoms with E-state index in [0.29, 0.717) is 6.42 Å². The third kappa shape index (κ3) is 7.82. The molecule has 0 bridgehead atoms. The molecule has 0 radical (unpaired) electrons. The Morgan fingerprint density at radius 3 is 2.15 bits per heavy atom. The van der Waals surface area contributed by atoms with E-state index in [2.05, 4.69) is 5.32 Å². The van der Waals surface area contributed by atoms with Crippen LogP contribution in [0.1, 0.15) is 50.2 Å². The summed E-state index contributed by atoms with van der Waals surface area (Å²) in [5.74, 6) is -0.753. The van der Waals surface area contributed by atoms with Crippen molar-refractivity contribution in [2.75, 3.05) is 10.8 Å². The number of hydrogen-bond acceptors (Lipinski definition) is 4. The SMILES string of the molecule is CC[C@H](C(=O)NC1CCCC1)N(Cc1ccccc1)C(=O)CN(c1cc(Cl)cc(Cl)c1)S(=O)(=O)c1ccc(C)cc1. The van der Waals surface area contributed by atoms with Gasteiger partial charge in [0.05, 0.1) is 10.6 Å². The highest BCUT2D eigenvalue weighted by atomic mass is 35.5. The van der Waals surface area contributed by atoms with E-state index in [4.69, 9.17) is 23.2 Å². The van der Waals surface area contributed by atoms with Gasteiger partial charge < -0.3 is 10.2 Å². The standard InChI is InChI=1S/C31H35Cl2N3O4S/c1-3-29(31(38)34-26-11-7-8-12-26)35(20-23-9-5-4-6-10-23)30(37)21-36(27-18-24(32)17-25(33)19-27)41(39,40)28-15-13-22(2)14-16-28/h4-6,9-10,13-19,26,29H,3,7-8,11-12,20-21H2,1-2H3,(H,34,38)/t29-/m1/s1. The van der Waals surface area contributed by atoms with Crippen molar-refractivity contribution < 1.29 is 18.0 Å². The van der Waals surface area contributed by atoms with E-state index in [9.17, 15) is 18.0 Å². The molecule has 218 valence electrons. The number of carbonyl (C=O) groups is 2. The number of sulfonamides is 1. The Morgan fingerprint density at radius 1 is 0.951 bits per heavy atom. The van der Waals surface area contributed by atoms with Crippen LogP contribution in [-0.4, -0.2) is 43.8 Å². The van der Waals surface area contributed by atoms with Crippen LogP contribution in [0.2, 0.25) is 10.0 Å². The van der Waals surface area contributed by atoms with Crippen LogP contribution in [0.15, 0.2) is 77.7 Å². The summed E-state index contributed by atoms with van der Waals surface area (Å²) in [6.45, 7) is 3.30. The number of nitrogens with zero attached hydrogens (tertiary/aromatic N) is 2. The largest absolute Gasteiger partial charge is 0.352 e.